The van der Waals surface area contributed by atoms with Gasteiger partial charge in [-0.1, -0.05) is 13.2 Å². The summed E-state index contributed by atoms with van der Waals surface area (Å²) in [5.74, 6) is 0.814. The standard InChI is InChI=1S/C13H15BrN6O.C10H13BrN6.C3H3ClO/c1-2-9(21)19-5-3-4-8(6-19)20-13-10(11(14)18-20)12(15)16-7-17-13;11-8-7-9(12)14-5-15-10(7)17(16-8)6-2-1-3-13-4-6;1-2-3(4)5/h2,7-8H,1,3-6H2,(H2,15,16,17);5-6,13H,1-4H2,(H2,12,14,15);2H,1H2/t8-;6-;/m11./s1. The molecule has 2 fully saturated rings. The first-order valence-corrected chi connectivity index (χ1v) is 15.3. The summed E-state index contributed by atoms with van der Waals surface area (Å²) in [6, 6.07) is 0.414. The molecule has 14 nitrogen and oxygen atoms in total. The van der Waals surface area contributed by atoms with Crippen LogP contribution in [0.5, 0.6) is 0 Å². The Balaban J connectivity index is 0.000000173. The number of allylic oxidation sites excluding steroid dienone is 1. The largest absolute Gasteiger partial charge is 0.383 e. The molecule has 0 unspecified atom stereocenters. The average Bonchev–Trinajstić information content (AvgIpc) is 3.55. The lowest BCUT2D eigenvalue weighted by molar-refractivity contribution is -0.127. The maximum absolute atomic E-state index is 11.8. The highest BCUT2D eigenvalue weighted by atomic mass is 79.9. The lowest BCUT2D eigenvalue weighted by atomic mass is 10.1. The Hall–Kier alpha value is -3.47. The molecule has 4 aromatic heterocycles. The molecular weight excluding hydrogens is 708 g/mol. The molecule has 0 saturated carbocycles. The number of hydrogen-bond donors (Lipinski definition) is 3. The predicted molar refractivity (Wildman–Crippen MR) is 172 cm³/mol. The van der Waals surface area contributed by atoms with E-state index in [2.05, 4.69) is 80.5 Å². The van der Waals surface area contributed by atoms with E-state index in [9.17, 15) is 9.59 Å². The van der Waals surface area contributed by atoms with E-state index in [0.717, 1.165) is 67.0 Å². The number of nitrogens with one attached hydrogen (secondary N) is 1. The SMILES string of the molecule is C=CC(=O)Cl.C=CC(=O)N1CCC[C@@H](n2nc(Br)c3c(N)ncnc32)C1.Nc1ncnc2c1c(Br)nn2[C@@H]1CCCNC1. The molecule has 2 saturated heterocycles. The number of aromatic nitrogens is 8. The van der Waals surface area contributed by atoms with Gasteiger partial charge in [0.25, 0.3) is 0 Å². The van der Waals surface area contributed by atoms with Gasteiger partial charge in [-0.3, -0.25) is 9.59 Å². The maximum Gasteiger partial charge on any atom is 0.246 e. The molecule has 17 heteroatoms. The number of carbonyl (C=O) groups excluding carboxylic acids is 2. The van der Waals surface area contributed by atoms with Crippen LogP contribution in [0.1, 0.15) is 37.8 Å². The third kappa shape index (κ3) is 7.55. The second kappa shape index (κ2) is 14.8. The minimum absolute atomic E-state index is 0.0515. The topological polar surface area (TPSA) is 189 Å². The predicted octanol–water partition coefficient (Wildman–Crippen LogP) is 3.55. The van der Waals surface area contributed by atoms with Crippen molar-refractivity contribution in [2.45, 2.75) is 37.8 Å². The number of rotatable bonds is 4. The van der Waals surface area contributed by atoms with E-state index in [0.29, 0.717) is 39.9 Å². The molecule has 2 atom stereocenters. The number of piperidine rings is 2. The van der Waals surface area contributed by atoms with E-state index < -0.39 is 5.24 Å². The van der Waals surface area contributed by atoms with Gasteiger partial charge in [-0.05, 0) is 87.8 Å². The lowest BCUT2D eigenvalue weighted by Crippen LogP contribution is -2.40. The van der Waals surface area contributed by atoms with Crippen LogP contribution in [0.15, 0.2) is 47.2 Å². The minimum Gasteiger partial charge on any atom is -0.383 e. The summed E-state index contributed by atoms with van der Waals surface area (Å²) in [5.41, 5.74) is 13.2. The molecule has 4 aromatic rings. The fraction of sp³-hybridized carbons (Fsp3) is 0.385. The van der Waals surface area contributed by atoms with Crippen molar-refractivity contribution in [1.29, 1.82) is 0 Å². The van der Waals surface area contributed by atoms with E-state index in [-0.39, 0.29) is 11.9 Å². The van der Waals surface area contributed by atoms with Gasteiger partial charge in [0.15, 0.2) is 11.3 Å². The van der Waals surface area contributed by atoms with Crippen LogP contribution in [0.2, 0.25) is 0 Å². The second-order valence-corrected chi connectivity index (χ2v) is 11.6. The highest BCUT2D eigenvalue weighted by Crippen LogP contribution is 2.31. The fourth-order valence-corrected chi connectivity index (χ4v) is 6.04. The van der Waals surface area contributed by atoms with Crippen LogP contribution < -0.4 is 16.8 Å². The fourth-order valence-electron chi connectivity index (χ4n) is 4.94. The number of nitrogens with zero attached hydrogens (tertiary/aromatic N) is 9. The van der Waals surface area contributed by atoms with Crippen molar-refractivity contribution in [3.8, 4) is 0 Å². The van der Waals surface area contributed by atoms with Crippen LogP contribution in [-0.4, -0.2) is 81.7 Å². The lowest BCUT2D eigenvalue weighted by Gasteiger charge is -2.32. The summed E-state index contributed by atoms with van der Waals surface area (Å²) in [5, 5.41) is 13.3. The molecular formula is C26H31Br2ClN12O2. The number of likely N-dealkylation sites (tertiary alicyclic amines) is 1. The molecule has 6 rings (SSSR count). The summed E-state index contributed by atoms with van der Waals surface area (Å²) in [6.45, 7) is 9.96. The number of halogens is 3. The van der Waals surface area contributed by atoms with Crippen molar-refractivity contribution in [3.63, 3.8) is 0 Å². The van der Waals surface area contributed by atoms with Crippen molar-refractivity contribution in [3.05, 3.63) is 47.2 Å². The van der Waals surface area contributed by atoms with E-state index in [1.165, 1.54) is 18.7 Å². The Kier molecular flexibility index (Phi) is 11.2. The molecule has 2 aliphatic rings. The normalized spacial score (nSPS) is 18.3. The molecule has 5 N–H and O–H groups in total. The third-order valence-corrected chi connectivity index (χ3v) is 8.22. The van der Waals surface area contributed by atoms with Crippen LogP contribution in [0.3, 0.4) is 0 Å². The van der Waals surface area contributed by atoms with Gasteiger partial charge in [-0.15, -0.1) is 0 Å². The summed E-state index contributed by atoms with van der Waals surface area (Å²) < 4.78 is 5.13. The molecule has 0 bridgehead atoms. The zero-order valence-electron chi connectivity index (χ0n) is 23.2. The minimum atomic E-state index is -0.509. The van der Waals surface area contributed by atoms with Crippen molar-refractivity contribution in [1.82, 2.24) is 49.7 Å². The summed E-state index contributed by atoms with van der Waals surface area (Å²) >= 11 is 11.5. The molecule has 2 aliphatic heterocycles. The molecule has 0 spiro atoms. The van der Waals surface area contributed by atoms with Gasteiger partial charge in [0.05, 0.1) is 22.9 Å². The smallest absolute Gasteiger partial charge is 0.246 e. The molecule has 1 amide bonds. The Bertz CT molecular complexity index is 1640. The third-order valence-electron chi connectivity index (χ3n) is 6.96. The number of nitrogen functional groups attached to an aromatic ring is 2. The molecule has 6 heterocycles. The summed E-state index contributed by atoms with van der Waals surface area (Å²) in [6.07, 6.45) is 9.43. The first kappa shape index (κ1) is 32.4. The molecule has 43 heavy (non-hydrogen) atoms. The van der Waals surface area contributed by atoms with Crippen molar-refractivity contribution in [2.75, 3.05) is 37.6 Å². The molecule has 0 radical (unpaired) electrons. The van der Waals surface area contributed by atoms with Gasteiger partial charge in [-0.25, -0.2) is 29.3 Å². The Morgan fingerprint density at radius 1 is 0.907 bits per heavy atom. The zero-order chi connectivity index (χ0) is 31.1. The van der Waals surface area contributed by atoms with E-state index in [1.54, 1.807) is 4.90 Å². The number of amides is 1. The van der Waals surface area contributed by atoms with E-state index in [1.807, 2.05) is 9.36 Å². The molecule has 228 valence electrons. The average molecular weight is 739 g/mol. The summed E-state index contributed by atoms with van der Waals surface area (Å²) in [7, 11) is 0. The number of hydrogen-bond acceptors (Lipinski definition) is 11. The van der Waals surface area contributed by atoms with Gasteiger partial charge in [-0.2, -0.15) is 10.2 Å². The van der Waals surface area contributed by atoms with Crippen molar-refractivity contribution in [2.24, 2.45) is 0 Å². The van der Waals surface area contributed by atoms with Crippen LogP contribution >= 0.6 is 43.5 Å². The van der Waals surface area contributed by atoms with Crippen molar-refractivity contribution < 1.29 is 9.59 Å². The molecule has 0 aromatic carbocycles. The van der Waals surface area contributed by atoms with Gasteiger partial charge in [0.2, 0.25) is 11.1 Å². The van der Waals surface area contributed by atoms with E-state index in [4.69, 9.17) is 23.1 Å². The van der Waals surface area contributed by atoms with Gasteiger partial charge >= 0.3 is 0 Å². The van der Waals surface area contributed by atoms with Crippen LogP contribution in [0, 0.1) is 0 Å². The van der Waals surface area contributed by atoms with Gasteiger partial charge in [0, 0.05) is 19.6 Å². The summed E-state index contributed by atoms with van der Waals surface area (Å²) in [4.78, 5) is 39.6. The number of anilines is 2. The number of nitrogens with two attached hydrogens (primary N) is 2. The van der Waals surface area contributed by atoms with Crippen LogP contribution in [0.4, 0.5) is 11.6 Å². The highest BCUT2D eigenvalue weighted by Gasteiger charge is 2.27. The number of carbonyl (C=O) groups is 2. The van der Waals surface area contributed by atoms with E-state index >= 15 is 0 Å². The first-order chi connectivity index (χ1) is 20.7. The van der Waals surface area contributed by atoms with Gasteiger partial charge in [0.1, 0.15) is 33.5 Å². The van der Waals surface area contributed by atoms with Gasteiger partial charge < -0.3 is 21.7 Å². The monoisotopic (exact) mass is 736 g/mol. The van der Waals surface area contributed by atoms with Crippen molar-refractivity contribution >= 4 is 88.3 Å². The Labute approximate surface area is 269 Å². The quantitative estimate of drug-likeness (QED) is 0.205. The first-order valence-electron chi connectivity index (χ1n) is 13.4. The Morgan fingerprint density at radius 2 is 1.44 bits per heavy atom. The Morgan fingerprint density at radius 3 is 1.93 bits per heavy atom. The number of fused-ring (bicyclic) bond motifs is 2. The highest BCUT2D eigenvalue weighted by molar-refractivity contribution is 9.10. The maximum atomic E-state index is 11.8. The molecule has 0 aliphatic carbocycles. The zero-order valence-corrected chi connectivity index (χ0v) is 27.1. The second-order valence-electron chi connectivity index (χ2n) is 9.68. The van der Waals surface area contributed by atoms with Crippen LogP contribution in [-0.2, 0) is 9.59 Å². The van der Waals surface area contributed by atoms with Crippen LogP contribution in [0.25, 0.3) is 22.1 Å².